The van der Waals surface area contributed by atoms with E-state index in [9.17, 15) is 53.4 Å². The van der Waals surface area contributed by atoms with E-state index < -0.39 is 144 Å². The van der Waals surface area contributed by atoms with Crippen LogP contribution in [0.5, 0.6) is 0 Å². The number of piperidine rings is 1. The van der Waals surface area contributed by atoms with Crippen molar-refractivity contribution in [3.63, 3.8) is 0 Å². The van der Waals surface area contributed by atoms with Crippen molar-refractivity contribution in [2.75, 3.05) is 27.9 Å². The van der Waals surface area contributed by atoms with Gasteiger partial charge in [-0.15, -0.1) is 5.06 Å². The summed E-state index contributed by atoms with van der Waals surface area (Å²) in [5.41, 5.74) is 1.10. The van der Waals surface area contributed by atoms with E-state index in [1.54, 1.807) is 40.9 Å². The van der Waals surface area contributed by atoms with Crippen LogP contribution in [0.4, 0.5) is 0 Å². The number of aliphatic hydroxyl groups is 2. The van der Waals surface area contributed by atoms with Crippen molar-refractivity contribution < 1.29 is 86.6 Å². The standard InChI is InChI=1S/C58H82N2O18/c1-32-14-11-10-12-15-33(2)44(72-7)30-39-19-17-37(6)58(71,77-39)55(68)56(69)59-25-13-16-40-41(28-38-18-20-42(61)46(29-38)73-8)45(75-57(70)51(40)59)31-43(62)34(3)27-36(5)53(54(74-9)52(67)35(4)26-32)76-49(65)23-24-50(66)78-60-47(63)21-22-48(60)64/h10-12,14-15,27,32,34-35,37-42,44-46,51,53-54,61,71H,13,16-26,28-31H2,1-9H3/b12-10+,14-11+,33-15?,36-27+/t32-,34-,35-,37-,38+,39+,40?,41+,42-,44+,45+,46-,51+,53-,54+,58-/m1/s1. The number of aliphatic hydroxyl groups excluding tert-OH is 1. The predicted octanol–water partition coefficient (Wildman–Crippen LogP) is 5.34. The molecule has 2 N–H and O–H groups in total. The maximum atomic E-state index is 14.6. The molecule has 0 spiro atoms. The molecule has 4 saturated heterocycles. The number of methoxy groups -OCH3 is 3. The third kappa shape index (κ3) is 14.9. The van der Waals surface area contributed by atoms with Gasteiger partial charge in [0.15, 0.2) is 18.0 Å². The van der Waals surface area contributed by atoms with Gasteiger partial charge in [-0.05, 0) is 101 Å². The Balaban J connectivity index is 1.35. The van der Waals surface area contributed by atoms with E-state index in [1.165, 1.54) is 19.1 Å². The first-order chi connectivity index (χ1) is 37.0. The number of ether oxygens (including phenoxy) is 6. The van der Waals surface area contributed by atoms with Gasteiger partial charge in [-0.2, -0.15) is 0 Å². The number of amides is 3. The molecule has 20 heteroatoms. The largest absolute Gasteiger partial charge is 0.460 e. The van der Waals surface area contributed by atoms with Gasteiger partial charge >= 0.3 is 17.9 Å². The van der Waals surface area contributed by atoms with Crippen LogP contribution in [0.2, 0.25) is 0 Å². The van der Waals surface area contributed by atoms with Gasteiger partial charge in [0.25, 0.3) is 23.5 Å². The van der Waals surface area contributed by atoms with Gasteiger partial charge < -0.3 is 48.4 Å². The Labute approximate surface area is 457 Å². The van der Waals surface area contributed by atoms with E-state index in [1.807, 2.05) is 44.2 Å². The molecule has 1 aliphatic carbocycles. The Morgan fingerprint density at radius 1 is 0.795 bits per heavy atom. The smallest absolute Gasteiger partial charge is 0.333 e. The third-order valence-corrected chi connectivity index (χ3v) is 16.9. The van der Waals surface area contributed by atoms with Crippen LogP contribution in [-0.4, -0.2) is 156 Å². The molecular weight excluding hydrogens is 1010 g/mol. The average molecular weight is 1100 g/mol. The fourth-order valence-electron chi connectivity index (χ4n) is 12.3. The van der Waals surface area contributed by atoms with E-state index >= 15 is 0 Å². The lowest BCUT2D eigenvalue weighted by atomic mass is 9.68. The summed E-state index contributed by atoms with van der Waals surface area (Å²) in [4.78, 5) is 129. The minimum atomic E-state index is -2.49. The Kier molecular flexibility index (Phi) is 22.0. The van der Waals surface area contributed by atoms with Gasteiger partial charge in [0.2, 0.25) is 5.79 Å². The summed E-state index contributed by atoms with van der Waals surface area (Å²) in [7, 11) is 4.38. The molecule has 78 heavy (non-hydrogen) atoms. The zero-order valence-electron chi connectivity index (χ0n) is 46.8. The van der Waals surface area contributed by atoms with Crippen LogP contribution in [-0.2, 0) is 76.4 Å². The fourth-order valence-corrected chi connectivity index (χ4v) is 12.3. The minimum absolute atomic E-state index is 0.0314. The van der Waals surface area contributed by atoms with Crippen molar-refractivity contribution in [3.8, 4) is 0 Å². The average Bonchev–Trinajstić information content (AvgIpc) is 3.75. The highest BCUT2D eigenvalue weighted by molar-refractivity contribution is 6.39. The number of hydrogen-bond donors (Lipinski definition) is 2. The molecular formula is C58H82N2O18. The zero-order valence-corrected chi connectivity index (χ0v) is 46.8. The second-order valence-corrected chi connectivity index (χ2v) is 22.5. The van der Waals surface area contributed by atoms with Crippen LogP contribution in [0.3, 0.4) is 0 Å². The molecule has 6 aliphatic heterocycles. The van der Waals surface area contributed by atoms with Crippen molar-refractivity contribution in [2.45, 2.75) is 192 Å². The summed E-state index contributed by atoms with van der Waals surface area (Å²) in [6.45, 7) is 10.4. The maximum Gasteiger partial charge on any atom is 0.333 e. The van der Waals surface area contributed by atoms with Gasteiger partial charge in [0, 0.05) is 77.2 Å². The van der Waals surface area contributed by atoms with E-state index in [0.29, 0.717) is 62.9 Å². The fraction of sp³-hybridized carbons (Fsp3) is 0.707. The zero-order chi connectivity index (χ0) is 57.2. The molecule has 432 valence electrons. The Morgan fingerprint density at radius 3 is 2.18 bits per heavy atom. The molecule has 16 atom stereocenters. The molecule has 0 radical (unpaired) electrons. The van der Waals surface area contributed by atoms with Crippen LogP contribution in [0, 0.1) is 41.4 Å². The van der Waals surface area contributed by atoms with Crippen molar-refractivity contribution in [3.05, 3.63) is 47.6 Å². The number of rotatable bonds is 10. The van der Waals surface area contributed by atoms with Gasteiger partial charge in [-0.25, -0.2) is 9.59 Å². The molecule has 0 aromatic rings. The molecule has 6 heterocycles. The van der Waals surface area contributed by atoms with Gasteiger partial charge in [0.1, 0.15) is 17.9 Å². The normalized spacial score (nSPS) is 37.8. The van der Waals surface area contributed by atoms with Crippen molar-refractivity contribution in [1.82, 2.24) is 9.96 Å². The van der Waals surface area contributed by atoms with E-state index in [0.717, 1.165) is 5.57 Å². The SMILES string of the molecule is CO[C@H]1C[C@@H]2CC[C@@H](C)[C@@](O)(O2)C(=O)C(=O)N2CCCC3[C@H]2C(=O)O[C@@H](CC(=O)[C@H](C)/C=C(\C)[C@@H](OC(=O)CCC(=O)ON2C(=O)CCC2=O)[C@@H](OC)C(=O)[C@H](C)C[C@H](C)/C=C/C=C/C=C1C)[C@H]3C[C@@H]1CC[C@@H](O)[C@H](OC)C1. The topological polar surface area (TPSA) is 265 Å². The van der Waals surface area contributed by atoms with E-state index in [4.69, 9.17) is 33.3 Å². The molecule has 5 fully saturated rings. The van der Waals surface area contributed by atoms with E-state index in [-0.39, 0.29) is 55.4 Å². The molecule has 7 rings (SSSR count). The molecule has 3 amide bonds. The number of esters is 2. The lowest BCUT2D eigenvalue weighted by molar-refractivity contribution is -0.266. The van der Waals surface area contributed by atoms with Crippen LogP contribution in [0.1, 0.15) is 138 Å². The second kappa shape index (κ2) is 27.8. The maximum absolute atomic E-state index is 14.6. The van der Waals surface area contributed by atoms with Gasteiger partial charge in [-0.3, -0.25) is 33.6 Å². The third-order valence-electron chi connectivity index (χ3n) is 16.9. The predicted molar refractivity (Wildman–Crippen MR) is 279 cm³/mol. The van der Waals surface area contributed by atoms with Crippen LogP contribution >= 0.6 is 0 Å². The number of nitrogens with zero attached hydrogens (tertiary/aromatic N) is 2. The number of hydroxylamine groups is 2. The summed E-state index contributed by atoms with van der Waals surface area (Å²) < 4.78 is 35.7. The summed E-state index contributed by atoms with van der Waals surface area (Å²) in [6, 6.07) is -1.21. The quantitative estimate of drug-likeness (QED) is 0.121. The lowest BCUT2D eigenvalue weighted by Gasteiger charge is -2.50. The number of fused-ring (bicyclic) bond motifs is 16. The summed E-state index contributed by atoms with van der Waals surface area (Å²) in [5.74, 6) is -13.2. The van der Waals surface area contributed by atoms with E-state index in [2.05, 4.69) is 0 Å². The highest BCUT2D eigenvalue weighted by Crippen LogP contribution is 2.45. The van der Waals surface area contributed by atoms with Crippen LogP contribution < -0.4 is 0 Å². The number of ketones is 3. The first-order valence-corrected chi connectivity index (χ1v) is 27.8. The minimum Gasteiger partial charge on any atom is -0.460 e. The summed E-state index contributed by atoms with van der Waals surface area (Å²) in [5, 5.41) is 23.2. The Morgan fingerprint density at radius 2 is 1.50 bits per heavy atom. The molecule has 20 nitrogen and oxygen atoms in total. The molecule has 1 saturated carbocycles. The highest BCUT2D eigenvalue weighted by Gasteiger charge is 2.57. The van der Waals surface area contributed by atoms with Crippen molar-refractivity contribution >= 4 is 53.0 Å². The molecule has 0 aromatic carbocycles. The summed E-state index contributed by atoms with van der Waals surface area (Å²) in [6.07, 6.45) is 7.58. The summed E-state index contributed by atoms with van der Waals surface area (Å²) >= 11 is 0. The Hall–Kier alpha value is -5.25. The van der Waals surface area contributed by atoms with Crippen LogP contribution in [0.15, 0.2) is 47.6 Å². The lowest BCUT2D eigenvalue weighted by Crippen LogP contribution is -2.65. The first-order valence-electron chi connectivity index (χ1n) is 27.8. The Bertz CT molecular complexity index is 2340. The molecule has 1 unspecified atom stereocenters. The van der Waals surface area contributed by atoms with Crippen molar-refractivity contribution in [2.24, 2.45) is 41.4 Å². The molecule has 7 aliphatic rings. The number of hydrogen-bond acceptors (Lipinski definition) is 18. The number of allylic oxidation sites excluding steroid dienone is 6. The van der Waals surface area contributed by atoms with Crippen LogP contribution in [0.25, 0.3) is 0 Å². The number of carbonyl (C=O) groups is 9. The highest BCUT2D eigenvalue weighted by atomic mass is 16.7. The van der Waals surface area contributed by atoms with Gasteiger partial charge in [0.05, 0.1) is 37.3 Å². The number of carbonyl (C=O) groups excluding carboxylic acids is 9. The first kappa shape index (κ1) is 62.0. The monoisotopic (exact) mass is 1090 g/mol. The number of Topliss-reactive ketones (excluding diaryl/α,β-unsaturated/α-hetero) is 3. The number of imide groups is 1. The molecule has 0 aromatic heterocycles. The second-order valence-electron chi connectivity index (χ2n) is 22.5. The van der Waals surface area contributed by atoms with Crippen molar-refractivity contribution in [1.29, 1.82) is 0 Å². The molecule has 6 bridgehead atoms. The van der Waals surface area contributed by atoms with Gasteiger partial charge in [-0.1, -0.05) is 64.2 Å².